The molecule has 2 N–H and O–H groups in total. The van der Waals surface area contributed by atoms with E-state index in [0.717, 1.165) is 51.9 Å². The van der Waals surface area contributed by atoms with E-state index in [-0.39, 0.29) is 0 Å². The van der Waals surface area contributed by atoms with Crippen LogP contribution in [-0.4, -0.2) is 74.8 Å². The van der Waals surface area contributed by atoms with Crippen molar-refractivity contribution in [2.75, 3.05) is 53.0 Å². The predicted octanol–water partition coefficient (Wildman–Crippen LogP) is 2.30. The molecule has 0 bridgehead atoms. The van der Waals surface area contributed by atoms with Gasteiger partial charge in [-0.2, -0.15) is 0 Å². The Balaban J connectivity index is 1.52. The molecule has 2 fully saturated rings. The van der Waals surface area contributed by atoms with Gasteiger partial charge in [-0.25, -0.2) is 0 Å². The first kappa shape index (κ1) is 22.1. The van der Waals surface area contributed by atoms with Gasteiger partial charge in [-0.1, -0.05) is 38.1 Å². The topological polar surface area (TPSA) is 52.1 Å². The molecular weight excluding hydrogens is 362 g/mol. The molecule has 3 rings (SSSR count). The number of guanidine groups is 1. The zero-order valence-corrected chi connectivity index (χ0v) is 18.5. The zero-order chi connectivity index (χ0) is 20.5. The maximum Gasteiger partial charge on any atom is 0.191 e. The lowest BCUT2D eigenvalue weighted by Gasteiger charge is -2.31. The highest BCUT2D eigenvalue weighted by atomic mass is 16.5. The average Bonchev–Trinajstić information content (AvgIpc) is 3.26. The Morgan fingerprint density at radius 3 is 2.38 bits per heavy atom. The number of nitrogens with one attached hydrogen (secondary N) is 2. The van der Waals surface area contributed by atoms with Gasteiger partial charge in [0, 0.05) is 45.8 Å². The standard InChI is InChI=1S/C23H39N5O/c1-19(2)22(28-10-6-7-11-28)17-26-23(24-3)25-16-20-8-4-5-9-21(20)18-27-12-14-29-15-13-27/h4-5,8-9,19,22H,6-7,10-18H2,1-3H3,(H2,24,25,26). The van der Waals surface area contributed by atoms with Crippen molar-refractivity contribution in [3.05, 3.63) is 35.4 Å². The molecule has 0 radical (unpaired) electrons. The Kier molecular flexibility index (Phi) is 8.77. The first-order chi connectivity index (χ1) is 14.2. The minimum Gasteiger partial charge on any atom is -0.379 e. The van der Waals surface area contributed by atoms with Crippen molar-refractivity contribution < 1.29 is 4.74 Å². The van der Waals surface area contributed by atoms with Crippen LogP contribution in [0.1, 0.15) is 37.8 Å². The van der Waals surface area contributed by atoms with Crippen LogP contribution in [0.25, 0.3) is 0 Å². The third-order valence-corrected chi connectivity index (χ3v) is 6.14. The minimum atomic E-state index is 0.560. The van der Waals surface area contributed by atoms with Crippen molar-refractivity contribution >= 4 is 5.96 Å². The van der Waals surface area contributed by atoms with Crippen molar-refractivity contribution in [1.29, 1.82) is 0 Å². The van der Waals surface area contributed by atoms with Gasteiger partial charge < -0.3 is 15.4 Å². The van der Waals surface area contributed by atoms with Crippen molar-refractivity contribution in [3.8, 4) is 0 Å². The van der Waals surface area contributed by atoms with E-state index < -0.39 is 0 Å². The largest absolute Gasteiger partial charge is 0.379 e. The summed E-state index contributed by atoms with van der Waals surface area (Å²) in [6.45, 7) is 13.5. The van der Waals surface area contributed by atoms with E-state index >= 15 is 0 Å². The number of hydrogen-bond acceptors (Lipinski definition) is 4. The normalized spacial score (nSPS) is 20.2. The number of aliphatic imine (C=N–C) groups is 1. The molecule has 6 nitrogen and oxygen atoms in total. The number of benzene rings is 1. The Labute approximate surface area is 176 Å². The number of likely N-dealkylation sites (tertiary alicyclic amines) is 1. The summed E-state index contributed by atoms with van der Waals surface area (Å²) >= 11 is 0. The van der Waals surface area contributed by atoms with Crippen LogP contribution in [0.4, 0.5) is 0 Å². The fraction of sp³-hybridized carbons (Fsp3) is 0.696. The summed E-state index contributed by atoms with van der Waals surface area (Å²) in [6.07, 6.45) is 2.66. The van der Waals surface area contributed by atoms with Crippen molar-refractivity contribution in [3.63, 3.8) is 0 Å². The second-order valence-corrected chi connectivity index (χ2v) is 8.52. The highest BCUT2D eigenvalue weighted by Crippen LogP contribution is 2.17. The van der Waals surface area contributed by atoms with Crippen molar-refractivity contribution in [2.24, 2.45) is 10.9 Å². The Bertz CT molecular complexity index is 636. The fourth-order valence-electron chi connectivity index (χ4n) is 4.34. The predicted molar refractivity (Wildman–Crippen MR) is 120 cm³/mol. The first-order valence-electron chi connectivity index (χ1n) is 11.2. The number of hydrogen-bond donors (Lipinski definition) is 2. The second-order valence-electron chi connectivity index (χ2n) is 8.52. The number of rotatable bonds is 8. The lowest BCUT2D eigenvalue weighted by Crippen LogP contribution is -2.48. The highest BCUT2D eigenvalue weighted by molar-refractivity contribution is 5.79. The number of morpholine rings is 1. The third-order valence-electron chi connectivity index (χ3n) is 6.14. The van der Waals surface area contributed by atoms with Gasteiger partial charge in [0.1, 0.15) is 0 Å². The molecule has 2 aliphatic rings. The van der Waals surface area contributed by atoms with Crippen LogP contribution in [0.15, 0.2) is 29.3 Å². The molecule has 6 heteroatoms. The summed E-state index contributed by atoms with van der Waals surface area (Å²) in [5.74, 6) is 1.52. The molecule has 0 saturated carbocycles. The molecular formula is C23H39N5O. The van der Waals surface area contributed by atoms with Gasteiger partial charge in [-0.15, -0.1) is 0 Å². The van der Waals surface area contributed by atoms with E-state index in [2.05, 4.69) is 63.5 Å². The monoisotopic (exact) mass is 401 g/mol. The lowest BCUT2D eigenvalue weighted by molar-refractivity contribution is 0.0341. The Hall–Kier alpha value is -1.63. The van der Waals surface area contributed by atoms with E-state index in [1.54, 1.807) is 0 Å². The van der Waals surface area contributed by atoms with E-state index in [4.69, 9.17) is 4.74 Å². The maximum absolute atomic E-state index is 5.48. The summed E-state index contributed by atoms with van der Waals surface area (Å²) in [6, 6.07) is 9.28. The molecule has 162 valence electrons. The summed E-state index contributed by atoms with van der Waals surface area (Å²) < 4.78 is 5.48. The van der Waals surface area contributed by atoms with E-state index in [9.17, 15) is 0 Å². The van der Waals surface area contributed by atoms with E-state index in [0.29, 0.717) is 12.0 Å². The molecule has 0 aromatic heterocycles. The molecule has 1 unspecified atom stereocenters. The fourth-order valence-corrected chi connectivity index (χ4v) is 4.34. The van der Waals surface area contributed by atoms with Crippen molar-refractivity contribution in [1.82, 2.24) is 20.4 Å². The van der Waals surface area contributed by atoms with Gasteiger partial charge in [0.05, 0.1) is 13.2 Å². The van der Waals surface area contributed by atoms with Crippen LogP contribution >= 0.6 is 0 Å². The Morgan fingerprint density at radius 1 is 1.03 bits per heavy atom. The molecule has 1 aromatic carbocycles. The lowest BCUT2D eigenvalue weighted by atomic mass is 10.0. The Morgan fingerprint density at radius 2 is 1.72 bits per heavy atom. The minimum absolute atomic E-state index is 0.560. The molecule has 2 heterocycles. The van der Waals surface area contributed by atoms with Gasteiger partial charge in [-0.05, 0) is 43.0 Å². The number of ether oxygens (including phenoxy) is 1. The first-order valence-corrected chi connectivity index (χ1v) is 11.2. The summed E-state index contributed by atoms with van der Waals surface area (Å²) in [4.78, 5) is 9.55. The zero-order valence-electron chi connectivity index (χ0n) is 18.5. The summed E-state index contributed by atoms with van der Waals surface area (Å²) in [7, 11) is 1.86. The van der Waals surface area contributed by atoms with E-state index in [1.807, 2.05) is 7.05 Å². The number of nitrogens with zero attached hydrogens (tertiary/aromatic N) is 3. The smallest absolute Gasteiger partial charge is 0.191 e. The van der Waals surface area contributed by atoms with Gasteiger partial charge in [-0.3, -0.25) is 14.8 Å². The molecule has 0 spiro atoms. The van der Waals surface area contributed by atoms with Gasteiger partial charge >= 0.3 is 0 Å². The maximum atomic E-state index is 5.48. The van der Waals surface area contributed by atoms with Crippen LogP contribution in [0.5, 0.6) is 0 Å². The summed E-state index contributed by atoms with van der Waals surface area (Å²) in [5.41, 5.74) is 2.72. The summed E-state index contributed by atoms with van der Waals surface area (Å²) in [5, 5.41) is 7.09. The molecule has 29 heavy (non-hydrogen) atoms. The molecule has 1 aromatic rings. The van der Waals surface area contributed by atoms with E-state index in [1.165, 1.54) is 37.1 Å². The third kappa shape index (κ3) is 6.69. The van der Waals surface area contributed by atoms with Crippen LogP contribution in [-0.2, 0) is 17.8 Å². The second kappa shape index (κ2) is 11.5. The molecule has 2 aliphatic heterocycles. The highest BCUT2D eigenvalue weighted by Gasteiger charge is 2.24. The molecule has 0 amide bonds. The molecule has 0 aliphatic carbocycles. The van der Waals surface area contributed by atoms with Gasteiger partial charge in [0.2, 0.25) is 0 Å². The van der Waals surface area contributed by atoms with Gasteiger partial charge in [0.25, 0.3) is 0 Å². The average molecular weight is 402 g/mol. The SMILES string of the molecule is CN=C(NCc1ccccc1CN1CCOCC1)NCC(C(C)C)N1CCCC1. The van der Waals surface area contributed by atoms with Crippen LogP contribution < -0.4 is 10.6 Å². The molecule has 2 saturated heterocycles. The van der Waals surface area contributed by atoms with Gasteiger partial charge in [0.15, 0.2) is 5.96 Å². The van der Waals surface area contributed by atoms with Crippen LogP contribution in [0, 0.1) is 5.92 Å². The van der Waals surface area contributed by atoms with Crippen molar-refractivity contribution in [2.45, 2.75) is 45.8 Å². The molecule has 1 atom stereocenters. The van der Waals surface area contributed by atoms with Crippen LogP contribution in [0.3, 0.4) is 0 Å². The quantitative estimate of drug-likeness (QED) is 0.517. The van der Waals surface area contributed by atoms with Crippen LogP contribution in [0.2, 0.25) is 0 Å².